The van der Waals surface area contributed by atoms with Gasteiger partial charge in [-0.2, -0.15) is 10.1 Å². The van der Waals surface area contributed by atoms with Gasteiger partial charge in [0.2, 0.25) is 5.82 Å². The molecule has 0 saturated heterocycles. The Morgan fingerprint density at radius 1 is 1.19 bits per heavy atom. The van der Waals surface area contributed by atoms with E-state index in [1.165, 1.54) is 12.8 Å². The predicted octanol–water partition coefficient (Wildman–Crippen LogP) is 3.69. The number of ether oxygens (including phenoxy) is 2. The molecule has 164 valence electrons. The van der Waals surface area contributed by atoms with Crippen LogP contribution in [0.25, 0.3) is 28.5 Å². The third kappa shape index (κ3) is 3.20. The zero-order valence-corrected chi connectivity index (χ0v) is 18.1. The summed E-state index contributed by atoms with van der Waals surface area (Å²) >= 11 is 0. The molecule has 32 heavy (non-hydrogen) atoms. The van der Waals surface area contributed by atoms with E-state index in [2.05, 4.69) is 19.7 Å². The maximum absolute atomic E-state index is 5.93. The summed E-state index contributed by atoms with van der Waals surface area (Å²) in [6, 6.07) is 6.00. The second-order valence-corrected chi connectivity index (χ2v) is 8.38. The van der Waals surface area contributed by atoms with Gasteiger partial charge < -0.3 is 18.6 Å². The highest BCUT2D eigenvalue weighted by Crippen LogP contribution is 2.38. The third-order valence-electron chi connectivity index (χ3n) is 6.27. The van der Waals surface area contributed by atoms with Gasteiger partial charge in [-0.25, -0.2) is 4.98 Å². The van der Waals surface area contributed by atoms with Crippen molar-refractivity contribution >= 4 is 0 Å². The van der Waals surface area contributed by atoms with Crippen molar-refractivity contribution in [3.63, 3.8) is 0 Å². The Bertz CT molecular complexity index is 1280. The van der Waals surface area contributed by atoms with Gasteiger partial charge >= 0.3 is 0 Å². The molecule has 0 unspecified atom stereocenters. The van der Waals surface area contributed by atoms with E-state index >= 15 is 0 Å². The first-order valence-electron chi connectivity index (χ1n) is 10.9. The van der Waals surface area contributed by atoms with E-state index < -0.39 is 0 Å². The molecule has 2 aliphatic rings. The van der Waals surface area contributed by atoms with Gasteiger partial charge in [-0.1, -0.05) is 18.0 Å². The third-order valence-corrected chi connectivity index (χ3v) is 6.27. The molecule has 0 atom stereocenters. The first kappa shape index (κ1) is 19.2. The first-order valence-corrected chi connectivity index (χ1v) is 10.9. The summed E-state index contributed by atoms with van der Waals surface area (Å²) in [5.41, 5.74) is 5.74. The van der Waals surface area contributed by atoms with Gasteiger partial charge in [-0.15, -0.1) is 0 Å². The molecular weight excluding hydrogens is 408 g/mol. The lowest BCUT2D eigenvalue weighted by atomic mass is 10.0. The highest BCUT2D eigenvalue weighted by Gasteiger charge is 2.27. The van der Waals surface area contributed by atoms with Crippen molar-refractivity contribution in [3.05, 3.63) is 47.9 Å². The number of rotatable bonds is 5. The van der Waals surface area contributed by atoms with Crippen molar-refractivity contribution in [2.45, 2.75) is 44.8 Å². The molecule has 0 amide bonds. The van der Waals surface area contributed by atoms with E-state index in [1.807, 2.05) is 42.5 Å². The van der Waals surface area contributed by atoms with Gasteiger partial charge in [-0.3, -0.25) is 4.68 Å². The molecule has 1 aromatic carbocycles. The summed E-state index contributed by atoms with van der Waals surface area (Å²) in [5.74, 6) is 1.75. The molecule has 6 rings (SSSR count). The lowest BCUT2D eigenvalue weighted by Crippen LogP contribution is -2.07. The van der Waals surface area contributed by atoms with Crippen LogP contribution in [0.2, 0.25) is 0 Å². The Labute approximate surface area is 185 Å². The van der Waals surface area contributed by atoms with Crippen LogP contribution in [0, 0.1) is 0 Å². The number of fused-ring (bicyclic) bond motifs is 5. The fourth-order valence-corrected chi connectivity index (χ4v) is 4.71. The molecule has 0 bridgehead atoms. The summed E-state index contributed by atoms with van der Waals surface area (Å²) in [6.45, 7) is 0.336. The summed E-state index contributed by atoms with van der Waals surface area (Å²) < 4.78 is 20.8. The lowest BCUT2D eigenvalue weighted by Gasteiger charge is -2.11. The van der Waals surface area contributed by atoms with Gasteiger partial charge in [0.1, 0.15) is 24.4 Å². The molecule has 3 aromatic heterocycles. The highest BCUT2D eigenvalue weighted by atomic mass is 16.5. The smallest absolute Gasteiger partial charge is 0.253 e. The molecule has 4 heterocycles. The van der Waals surface area contributed by atoms with Crippen LogP contribution in [0.1, 0.15) is 42.8 Å². The van der Waals surface area contributed by atoms with Crippen LogP contribution in [0.5, 0.6) is 5.75 Å². The summed E-state index contributed by atoms with van der Waals surface area (Å²) in [4.78, 5) is 9.24. The van der Waals surface area contributed by atoms with Gasteiger partial charge in [0.15, 0.2) is 0 Å². The molecule has 1 aliphatic carbocycles. The van der Waals surface area contributed by atoms with Gasteiger partial charge in [0.05, 0.1) is 30.3 Å². The monoisotopic (exact) mass is 432 g/mol. The van der Waals surface area contributed by atoms with Gasteiger partial charge in [-0.05, 0) is 31.0 Å². The predicted molar refractivity (Wildman–Crippen MR) is 115 cm³/mol. The summed E-state index contributed by atoms with van der Waals surface area (Å²) in [7, 11) is 3.60. The van der Waals surface area contributed by atoms with Crippen LogP contribution in [-0.2, 0) is 24.8 Å². The Morgan fingerprint density at radius 3 is 2.91 bits per heavy atom. The standard InChI is InChI=1S/C23H24N6O3/c1-28-11-14-9-19-22(23-25-20(32-27-23)12-31-15-5-3-4-6-15)24-13-29(19)18-8-7-16(30-2)10-17(18)21(14)26-28/h7-8,10-11,13,15H,3-6,9,12H2,1-2H3. The number of aromatic nitrogens is 6. The number of aryl methyl sites for hydroxylation is 1. The van der Waals surface area contributed by atoms with Crippen LogP contribution >= 0.6 is 0 Å². The topological polar surface area (TPSA) is 93.0 Å². The van der Waals surface area contributed by atoms with Crippen molar-refractivity contribution in [2.75, 3.05) is 7.11 Å². The SMILES string of the molecule is COc1ccc2c(c1)-c1nn(C)cc1Cc1c(-c3noc(COC4CCCC4)n3)ncn1-2. The Hall–Kier alpha value is -3.46. The quantitative estimate of drug-likeness (QED) is 0.418. The number of nitrogens with zero attached hydrogens (tertiary/aromatic N) is 6. The number of hydrogen-bond donors (Lipinski definition) is 0. The minimum atomic E-state index is 0.298. The van der Waals surface area contributed by atoms with E-state index in [0.29, 0.717) is 36.5 Å². The zero-order chi connectivity index (χ0) is 21.7. The molecular formula is C23H24N6O3. The van der Waals surface area contributed by atoms with Crippen molar-refractivity contribution in [3.8, 4) is 34.2 Å². The Balaban J connectivity index is 1.39. The molecule has 9 nitrogen and oxygen atoms in total. The van der Waals surface area contributed by atoms with E-state index in [9.17, 15) is 0 Å². The molecule has 1 saturated carbocycles. The second-order valence-electron chi connectivity index (χ2n) is 8.38. The second kappa shape index (κ2) is 7.59. The maximum Gasteiger partial charge on any atom is 0.253 e. The van der Waals surface area contributed by atoms with Crippen LogP contribution in [0.15, 0.2) is 35.2 Å². The number of benzene rings is 1. The Kier molecular flexibility index (Phi) is 4.57. The Morgan fingerprint density at radius 2 is 2.06 bits per heavy atom. The zero-order valence-electron chi connectivity index (χ0n) is 18.1. The molecule has 0 radical (unpaired) electrons. The number of imidazole rings is 1. The highest BCUT2D eigenvalue weighted by molar-refractivity contribution is 5.77. The van der Waals surface area contributed by atoms with Crippen molar-refractivity contribution < 1.29 is 14.0 Å². The fraction of sp³-hybridized carbons (Fsp3) is 0.391. The average Bonchev–Trinajstić information content (AvgIpc) is 3.59. The molecule has 0 N–H and O–H groups in total. The van der Waals surface area contributed by atoms with E-state index in [-0.39, 0.29) is 0 Å². The number of methoxy groups -OCH3 is 1. The van der Waals surface area contributed by atoms with Crippen LogP contribution < -0.4 is 4.74 Å². The normalized spacial score (nSPS) is 15.3. The molecule has 1 fully saturated rings. The van der Waals surface area contributed by atoms with Crippen LogP contribution in [0.4, 0.5) is 0 Å². The lowest BCUT2D eigenvalue weighted by molar-refractivity contribution is 0.0305. The fourth-order valence-electron chi connectivity index (χ4n) is 4.71. The first-order chi connectivity index (χ1) is 15.7. The maximum atomic E-state index is 5.93. The minimum Gasteiger partial charge on any atom is -0.497 e. The van der Waals surface area contributed by atoms with Crippen molar-refractivity contribution in [1.82, 2.24) is 29.5 Å². The van der Waals surface area contributed by atoms with Crippen LogP contribution in [0.3, 0.4) is 0 Å². The summed E-state index contributed by atoms with van der Waals surface area (Å²) in [6.07, 6.45) is 9.47. The van der Waals surface area contributed by atoms with Crippen LogP contribution in [-0.4, -0.2) is 42.7 Å². The van der Waals surface area contributed by atoms with Gasteiger partial charge in [0.25, 0.3) is 5.89 Å². The number of hydrogen-bond acceptors (Lipinski definition) is 7. The van der Waals surface area contributed by atoms with E-state index in [1.54, 1.807) is 7.11 Å². The summed E-state index contributed by atoms with van der Waals surface area (Å²) in [5, 5.41) is 8.92. The molecule has 4 aromatic rings. The average molecular weight is 432 g/mol. The molecule has 9 heteroatoms. The largest absolute Gasteiger partial charge is 0.497 e. The van der Waals surface area contributed by atoms with Crippen molar-refractivity contribution in [1.29, 1.82) is 0 Å². The minimum absolute atomic E-state index is 0.298. The van der Waals surface area contributed by atoms with E-state index in [4.69, 9.17) is 19.1 Å². The van der Waals surface area contributed by atoms with E-state index in [0.717, 1.165) is 46.8 Å². The molecule has 1 aliphatic heterocycles. The van der Waals surface area contributed by atoms with Gasteiger partial charge in [0, 0.05) is 30.8 Å². The van der Waals surface area contributed by atoms with Crippen molar-refractivity contribution in [2.24, 2.45) is 7.05 Å². The molecule has 0 spiro atoms.